The van der Waals surface area contributed by atoms with Gasteiger partial charge in [-0.05, 0) is 37.3 Å². The summed E-state index contributed by atoms with van der Waals surface area (Å²) >= 11 is 0. The van der Waals surface area contributed by atoms with Crippen LogP contribution in [0.15, 0.2) is 47.1 Å². The molecule has 0 saturated carbocycles. The van der Waals surface area contributed by atoms with Crippen LogP contribution in [0, 0.1) is 11.3 Å². The average Bonchev–Trinajstić information content (AvgIpc) is 3.06. The first kappa shape index (κ1) is 16.3. The molecule has 118 valence electrons. The molecule has 6 heteroatoms. The first-order valence-electron chi connectivity index (χ1n) is 7.11. The lowest BCUT2D eigenvalue weighted by atomic mass is 10.2. The quantitative estimate of drug-likeness (QED) is 0.828. The normalized spacial score (nSPS) is 11.3. The van der Waals surface area contributed by atoms with E-state index in [9.17, 15) is 9.59 Å². The van der Waals surface area contributed by atoms with Crippen LogP contribution in [0.2, 0.25) is 0 Å². The zero-order valence-corrected chi connectivity index (χ0v) is 12.6. The predicted octanol–water partition coefficient (Wildman–Crippen LogP) is 2.65. The number of nitriles is 1. The van der Waals surface area contributed by atoms with Crippen molar-refractivity contribution in [1.82, 2.24) is 0 Å². The monoisotopic (exact) mass is 312 g/mol. The number of aryl methyl sites for hydroxylation is 1. The Morgan fingerprint density at radius 1 is 1.35 bits per heavy atom. The van der Waals surface area contributed by atoms with Crippen molar-refractivity contribution in [2.45, 2.75) is 25.9 Å². The zero-order valence-electron chi connectivity index (χ0n) is 12.6. The Morgan fingerprint density at radius 3 is 2.87 bits per heavy atom. The summed E-state index contributed by atoms with van der Waals surface area (Å²) in [5.41, 5.74) is 0.915. The summed E-state index contributed by atoms with van der Waals surface area (Å²) < 4.78 is 10.2. The number of benzene rings is 1. The van der Waals surface area contributed by atoms with Crippen LogP contribution in [0.1, 0.15) is 24.7 Å². The number of anilines is 1. The van der Waals surface area contributed by atoms with Crippen molar-refractivity contribution in [3.05, 3.63) is 54.0 Å². The van der Waals surface area contributed by atoms with Gasteiger partial charge in [0.2, 0.25) is 0 Å². The van der Waals surface area contributed by atoms with E-state index < -0.39 is 18.0 Å². The Kier molecular flexibility index (Phi) is 5.53. The molecule has 0 bridgehead atoms. The third-order valence-corrected chi connectivity index (χ3v) is 3.09. The van der Waals surface area contributed by atoms with Crippen LogP contribution < -0.4 is 5.32 Å². The molecule has 0 aliphatic rings. The summed E-state index contributed by atoms with van der Waals surface area (Å²) in [6.45, 7) is 1.49. The second-order valence-electron chi connectivity index (χ2n) is 4.89. The van der Waals surface area contributed by atoms with E-state index in [1.54, 1.807) is 36.4 Å². The van der Waals surface area contributed by atoms with E-state index in [-0.39, 0.29) is 6.42 Å². The van der Waals surface area contributed by atoms with Crippen LogP contribution in [0.5, 0.6) is 0 Å². The summed E-state index contributed by atoms with van der Waals surface area (Å²) in [6, 6.07) is 12.0. The van der Waals surface area contributed by atoms with Gasteiger partial charge in [-0.3, -0.25) is 9.59 Å². The lowest BCUT2D eigenvalue weighted by Gasteiger charge is -2.13. The van der Waals surface area contributed by atoms with Crippen molar-refractivity contribution >= 4 is 17.6 Å². The van der Waals surface area contributed by atoms with Gasteiger partial charge in [0.25, 0.3) is 5.91 Å². The average molecular weight is 312 g/mol. The Hall–Kier alpha value is -3.07. The highest BCUT2D eigenvalue weighted by molar-refractivity contribution is 5.95. The molecule has 0 fully saturated rings. The van der Waals surface area contributed by atoms with E-state index in [1.165, 1.54) is 13.2 Å². The van der Waals surface area contributed by atoms with E-state index in [1.807, 2.05) is 6.07 Å². The number of nitrogens with zero attached hydrogens (tertiary/aromatic N) is 1. The van der Waals surface area contributed by atoms with Crippen LogP contribution >= 0.6 is 0 Å². The van der Waals surface area contributed by atoms with Crippen LogP contribution in [-0.4, -0.2) is 18.0 Å². The van der Waals surface area contributed by atoms with E-state index in [4.69, 9.17) is 14.4 Å². The van der Waals surface area contributed by atoms with Crippen molar-refractivity contribution in [2.24, 2.45) is 0 Å². The summed E-state index contributed by atoms with van der Waals surface area (Å²) in [5, 5.41) is 11.4. The van der Waals surface area contributed by atoms with E-state index in [0.29, 0.717) is 23.4 Å². The Labute approximate surface area is 133 Å². The van der Waals surface area contributed by atoms with E-state index >= 15 is 0 Å². The minimum absolute atomic E-state index is 0.134. The molecule has 1 aromatic carbocycles. The van der Waals surface area contributed by atoms with Gasteiger partial charge in [0.05, 0.1) is 24.3 Å². The largest absolute Gasteiger partial charge is 0.469 e. The molecule has 0 aliphatic heterocycles. The topological polar surface area (TPSA) is 92.3 Å². The van der Waals surface area contributed by atoms with Gasteiger partial charge in [0, 0.05) is 12.1 Å². The number of esters is 1. The number of carbonyl (C=O) groups excluding carboxylic acids is 2. The smallest absolute Gasteiger partial charge is 0.307 e. The van der Waals surface area contributed by atoms with E-state index in [0.717, 1.165) is 0 Å². The molecule has 2 aromatic rings. The lowest BCUT2D eigenvalue weighted by Crippen LogP contribution is -2.30. The van der Waals surface area contributed by atoms with Gasteiger partial charge in [-0.25, -0.2) is 0 Å². The maximum atomic E-state index is 12.0. The summed E-state index contributed by atoms with van der Waals surface area (Å²) in [6.07, 6.45) is 1.16. The summed E-state index contributed by atoms with van der Waals surface area (Å²) in [4.78, 5) is 23.7. The molecule has 0 radical (unpaired) electrons. The highest BCUT2D eigenvalue weighted by Gasteiger charge is 2.18. The SMILES string of the molecule is C[C@H](OC(=O)CCc1ccco1)C(=O)Nc1cccc(C#N)c1. The van der Waals surface area contributed by atoms with Crippen molar-refractivity contribution in [1.29, 1.82) is 5.26 Å². The number of ether oxygens (including phenoxy) is 1. The molecule has 1 heterocycles. The van der Waals surface area contributed by atoms with Crippen LogP contribution in [0.25, 0.3) is 0 Å². The van der Waals surface area contributed by atoms with Gasteiger partial charge in [-0.2, -0.15) is 5.26 Å². The van der Waals surface area contributed by atoms with Crippen molar-refractivity contribution in [3.63, 3.8) is 0 Å². The number of hydrogen-bond acceptors (Lipinski definition) is 5. The maximum absolute atomic E-state index is 12.0. The minimum Gasteiger partial charge on any atom is -0.469 e. The van der Waals surface area contributed by atoms with Crippen LogP contribution in [0.4, 0.5) is 5.69 Å². The molecule has 0 spiro atoms. The molecular formula is C17H16N2O4. The first-order chi connectivity index (χ1) is 11.1. The fourth-order valence-electron chi connectivity index (χ4n) is 1.90. The van der Waals surface area contributed by atoms with Gasteiger partial charge < -0.3 is 14.5 Å². The molecular weight excluding hydrogens is 296 g/mol. The van der Waals surface area contributed by atoms with Gasteiger partial charge in [-0.1, -0.05) is 6.07 Å². The first-order valence-corrected chi connectivity index (χ1v) is 7.11. The third-order valence-electron chi connectivity index (χ3n) is 3.09. The summed E-state index contributed by atoms with van der Waals surface area (Å²) in [7, 11) is 0. The summed E-state index contributed by atoms with van der Waals surface area (Å²) in [5.74, 6) is -0.242. The highest BCUT2D eigenvalue weighted by atomic mass is 16.5. The molecule has 0 saturated heterocycles. The Bertz CT molecular complexity index is 716. The predicted molar refractivity (Wildman–Crippen MR) is 82.4 cm³/mol. The maximum Gasteiger partial charge on any atom is 0.307 e. The van der Waals surface area contributed by atoms with Crippen molar-refractivity contribution in [2.75, 3.05) is 5.32 Å². The third kappa shape index (κ3) is 5.00. The minimum atomic E-state index is -0.926. The lowest BCUT2D eigenvalue weighted by molar-refractivity contribution is -0.153. The molecule has 6 nitrogen and oxygen atoms in total. The molecule has 1 amide bonds. The molecule has 2 rings (SSSR count). The van der Waals surface area contributed by atoms with Crippen LogP contribution in [0.3, 0.4) is 0 Å². The fraction of sp³-hybridized carbons (Fsp3) is 0.235. The van der Waals surface area contributed by atoms with Crippen molar-refractivity contribution < 1.29 is 18.7 Å². The Balaban J connectivity index is 1.82. The van der Waals surface area contributed by atoms with E-state index in [2.05, 4.69) is 5.32 Å². The second-order valence-corrected chi connectivity index (χ2v) is 4.89. The Morgan fingerprint density at radius 2 is 2.17 bits per heavy atom. The standard InChI is InChI=1S/C17H16N2O4/c1-12(23-16(20)8-7-15-6-3-9-22-15)17(21)19-14-5-2-4-13(10-14)11-18/h2-6,9-10,12H,7-8H2,1H3,(H,19,21)/t12-/m0/s1. The molecule has 1 N–H and O–H groups in total. The van der Waals surface area contributed by atoms with Crippen LogP contribution in [-0.2, 0) is 20.7 Å². The molecule has 1 aromatic heterocycles. The number of amides is 1. The second kappa shape index (κ2) is 7.80. The number of carbonyl (C=O) groups is 2. The highest BCUT2D eigenvalue weighted by Crippen LogP contribution is 2.11. The van der Waals surface area contributed by atoms with Gasteiger partial charge >= 0.3 is 5.97 Å². The van der Waals surface area contributed by atoms with Gasteiger partial charge in [0.15, 0.2) is 6.10 Å². The number of rotatable bonds is 6. The zero-order chi connectivity index (χ0) is 16.7. The van der Waals surface area contributed by atoms with Gasteiger partial charge in [0.1, 0.15) is 5.76 Å². The number of nitrogens with one attached hydrogen (secondary N) is 1. The molecule has 23 heavy (non-hydrogen) atoms. The molecule has 0 aliphatic carbocycles. The number of hydrogen-bond donors (Lipinski definition) is 1. The fourth-order valence-corrected chi connectivity index (χ4v) is 1.90. The van der Waals surface area contributed by atoms with Crippen molar-refractivity contribution in [3.8, 4) is 6.07 Å². The molecule has 1 atom stereocenters. The van der Waals surface area contributed by atoms with Gasteiger partial charge in [-0.15, -0.1) is 0 Å². The molecule has 0 unspecified atom stereocenters. The number of furan rings is 1.